The summed E-state index contributed by atoms with van der Waals surface area (Å²) in [4.78, 5) is 24.7. The molecule has 96 valence electrons. The second kappa shape index (κ2) is 4.27. The summed E-state index contributed by atoms with van der Waals surface area (Å²) in [6, 6.07) is -0.349. The number of nitrogens with one attached hydrogen (secondary N) is 1. The first-order valence-electron chi connectivity index (χ1n) is 5.77. The maximum Gasteiger partial charge on any atom is 0.325 e. The molecule has 2 saturated heterocycles. The van der Waals surface area contributed by atoms with Gasteiger partial charge in [-0.25, -0.2) is 4.79 Å². The SMILES string of the molecule is CC(CN1C(=O)NC(C)(C)C1=O)OCC1CO1. The van der Waals surface area contributed by atoms with Crippen molar-refractivity contribution in [2.24, 2.45) is 0 Å². The van der Waals surface area contributed by atoms with Crippen LogP contribution in [0.3, 0.4) is 0 Å². The molecule has 3 amide bonds. The van der Waals surface area contributed by atoms with Gasteiger partial charge in [-0.1, -0.05) is 0 Å². The first-order valence-corrected chi connectivity index (χ1v) is 5.77. The Morgan fingerprint density at radius 1 is 1.59 bits per heavy atom. The lowest BCUT2D eigenvalue weighted by molar-refractivity contribution is -0.131. The molecule has 0 bridgehead atoms. The van der Waals surface area contributed by atoms with E-state index in [9.17, 15) is 9.59 Å². The monoisotopic (exact) mass is 242 g/mol. The summed E-state index contributed by atoms with van der Waals surface area (Å²) in [6.45, 7) is 6.76. The van der Waals surface area contributed by atoms with Crippen LogP contribution in [-0.2, 0) is 14.3 Å². The van der Waals surface area contributed by atoms with Gasteiger partial charge in [-0.3, -0.25) is 9.69 Å². The summed E-state index contributed by atoms with van der Waals surface area (Å²) in [7, 11) is 0. The Labute approximate surface area is 100 Å². The Balaban J connectivity index is 1.84. The highest BCUT2D eigenvalue weighted by atomic mass is 16.6. The molecular weight excluding hydrogens is 224 g/mol. The molecule has 0 radical (unpaired) electrons. The Morgan fingerprint density at radius 3 is 2.71 bits per heavy atom. The first kappa shape index (κ1) is 12.3. The fourth-order valence-electron chi connectivity index (χ4n) is 1.73. The molecule has 6 nitrogen and oxygen atoms in total. The van der Waals surface area contributed by atoms with Crippen molar-refractivity contribution in [2.75, 3.05) is 19.8 Å². The highest BCUT2D eigenvalue weighted by Gasteiger charge is 2.44. The molecule has 0 aromatic rings. The molecule has 2 aliphatic rings. The molecule has 2 heterocycles. The number of carbonyl (C=O) groups excluding carboxylic acids is 2. The van der Waals surface area contributed by atoms with Crippen LogP contribution in [0.25, 0.3) is 0 Å². The van der Waals surface area contributed by atoms with Crippen LogP contribution in [0.5, 0.6) is 0 Å². The van der Waals surface area contributed by atoms with Gasteiger partial charge in [0.2, 0.25) is 0 Å². The minimum Gasteiger partial charge on any atom is -0.374 e. The minimum atomic E-state index is -0.809. The van der Waals surface area contributed by atoms with Gasteiger partial charge in [0, 0.05) is 0 Å². The molecule has 2 atom stereocenters. The number of hydrogen-bond donors (Lipinski definition) is 1. The van der Waals surface area contributed by atoms with Crippen molar-refractivity contribution in [1.29, 1.82) is 0 Å². The molecule has 6 heteroatoms. The maximum atomic E-state index is 11.9. The average molecular weight is 242 g/mol. The zero-order valence-corrected chi connectivity index (χ0v) is 10.4. The van der Waals surface area contributed by atoms with Crippen LogP contribution in [0, 0.1) is 0 Å². The van der Waals surface area contributed by atoms with Gasteiger partial charge in [-0.15, -0.1) is 0 Å². The van der Waals surface area contributed by atoms with Gasteiger partial charge in [0.05, 0.1) is 25.9 Å². The zero-order valence-electron chi connectivity index (χ0n) is 10.4. The number of epoxide rings is 1. The van der Waals surface area contributed by atoms with Gasteiger partial charge in [0.1, 0.15) is 11.6 Å². The van der Waals surface area contributed by atoms with Gasteiger partial charge >= 0.3 is 6.03 Å². The summed E-state index contributed by atoms with van der Waals surface area (Å²) in [5, 5.41) is 2.63. The number of amides is 3. The summed E-state index contributed by atoms with van der Waals surface area (Å²) in [5.41, 5.74) is -0.809. The maximum absolute atomic E-state index is 11.9. The lowest BCUT2D eigenvalue weighted by Gasteiger charge is -2.19. The molecule has 2 unspecified atom stereocenters. The summed E-state index contributed by atoms with van der Waals surface area (Å²) < 4.78 is 10.5. The van der Waals surface area contributed by atoms with Crippen LogP contribution in [-0.4, -0.2) is 54.3 Å². The van der Waals surface area contributed by atoms with E-state index in [-0.39, 0.29) is 30.7 Å². The fourth-order valence-corrected chi connectivity index (χ4v) is 1.73. The van der Waals surface area contributed by atoms with Crippen LogP contribution in [0.15, 0.2) is 0 Å². The van der Waals surface area contributed by atoms with Crippen molar-refractivity contribution in [2.45, 2.75) is 38.5 Å². The molecule has 0 aromatic heterocycles. The molecule has 2 fully saturated rings. The van der Waals surface area contributed by atoms with Crippen molar-refractivity contribution in [1.82, 2.24) is 10.2 Å². The molecule has 0 aliphatic carbocycles. The molecule has 17 heavy (non-hydrogen) atoms. The summed E-state index contributed by atoms with van der Waals surface area (Å²) in [6.07, 6.45) is 0.0137. The minimum absolute atomic E-state index is 0.178. The number of urea groups is 1. The first-order chi connectivity index (χ1) is 7.90. The normalized spacial score (nSPS) is 28.2. The number of hydrogen-bond acceptors (Lipinski definition) is 4. The smallest absolute Gasteiger partial charge is 0.325 e. The standard InChI is InChI=1S/C11H18N2O4/c1-7(16-5-8-6-17-8)4-13-9(14)11(2,3)12-10(13)15/h7-8H,4-6H2,1-3H3,(H,12,15). The van der Waals surface area contributed by atoms with E-state index >= 15 is 0 Å². The van der Waals surface area contributed by atoms with Gasteiger partial charge in [-0.2, -0.15) is 0 Å². The van der Waals surface area contributed by atoms with Gasteiger partial charge in [0.25, 0.3) is 5.91 Å². The van der Waals surface area contributed by atoms with Gasteiger partial charge in [-0.05, 0) is 20.8 Å². The van der Waals surface area contributed by atoms with Gasteiger partial charge < -0.3 is 14.8 Å². The number of rotatable bonds is 5. The van der Waals surface area contributed by atoms with Crippen molar-refractivity contribution in [3.8, 4) is 0 Å². The van der Waals surface area contributed by atoms with Crippen molar-refractivity contribution in [3.05, 3.63) is 0 Å². The van der Waals surface area contributed by atoms with Crippen molar-refractivity contribution >= 4 is 11.9 Å². The van der Waals surface area contributed by atoms with Crippen LogP contribution >= 0.6 is 0 Å². The Morgan fingerprint density at radius 2 is 2.24 bits per heavy atom. The predicted molar refractivity (Wildman–Crippen MR) is 59.5 cm³/mol. The number of carbonyl (C=O) groups is 2. The lowest BCUT2D eigenvalue weighted by Crippen LogP contribution is -2.41. The molecule has 0 saturated carbocycles. The van der Waals surface area contributed by atoms with Crippen LogP contribution in [0.2, 0.25) is 0 Å². The van der Waals surface area contributed by atoms with E-state index < -0.39 is 5.54 Å². The molecule has 2 rings (SSSR count). The average Bonchev–Trinajstić information content (AvgIpc) is 3.01. The van der Waals surface area contributed by atoms with Crippen LogP contribution in [0.4, 0.5) is 4.79 Å². The molecule has 2 aliphatic heterocycles. The van der Waals surface area contributed by atoms with E-state index in [2.05, 4.69) is 5.32 Å². The summed E-state index contributed by atoms with van der Waals surface area (Å²) >= 11 is 0. The third-order valence-electron chi connectivity index (χ3n) is 2.85. The van der Waals surface area contributed by atoms with Crippen LogP contribution < -0.4 is 5.32 Å². The quantitative estimate of drug-likeness (QED) is 0.549. The van der Waals surface area contributed by atoms with E-state index in [4.69, 9.17) is 9.47 Å². The molecule has 0 aromatic carbocycles. The van der Waals surface area contributed by atoms with E-state index in [0.717, 1.165) is 6.61 Å². The number of ether oxygens (including phenoxy) is 2. The lowest BCUT2D eigenvalue weighted by atomic mass is 10.1. The van der Waals surface area contributed by atoms with Gasteiger partial charge in [0.15, 0.2) is 0 Å². The molecule has 0 spiro atoms. The molecule has 1 N–H and O–H groups in total. The van der Waals surface area contributed by atoms with E-state index in [1.165, 1.54) is 4.90 Å². The van der Waals surface area contributed by atoms with E-state index in [1.54, 1.807) is 13.8 Å². The highest BCUT2D eigenvalue weighted by Crippen LogP contribution is 2.17. The summed E-state index contributed by atoms with van der Waals surface area (Å²) in [5.74, 6) is -0.208. The van der Waals surface area contributed by atoms with E-state index in [1.807, 2.05) is 6.92 Å². The number of nitrogens with zero attached hydrogens (tertiary/aromatic N) is 1. The predicted octanol–water partition coefficient (Wildman–Crippen LogP) is 0.121. The second-order valence-electron chi connectivity index (χ2n) is 5.07. The van der Waals surface area contributed by atoms with E-state index in [0.29, 0.717) is 6.61 Å². The zero-order chi connectivity index (χ0) is 12.6. The largest absolute Gasteiger partial charge is 0.374 e. The Bertz CT molecular complexity index is 338. The number of imide groups is 1. The third kappa shape index (κ3) is 2.76. The van der Waals surface area contributed by atoms with Crippen LogP contribution in [0.1, 0.15) is 20.8 Å². The Hall–Kier alpha value is -1.14. The second-order valence-corrected chi connectivity index (χ2v) is 5.07. The topological polar surface area (TPSA) is 71.2 Å². The van der Waals surface area contributed by atoms with Crippen molar-refractivity contribution < 1.29 is 19.1 Å². The third-order valence-corrected chi connectivity index (χ3v) is 2.85. The highest BCUT2D eigenvalue weighted by molar-refractivity contribution is 6.06. The molecular formula is C11H18N2O4. The fraction of sp³-hybridized carbons (Fsp3) is 0.818. The van der Waals surface area contributed by atoms with Crippen molar-refractivity contribution in [3.63, 3.8) is 0 Å². The Kier molecular flexibility index (Phi) is 3.09.